The third-order valence-electron chi connectivity index (χ3n) is 4.69. The van der Waals surface area contributed by atoms with Crippen LogP contribution in [0.15, 0.2) is 60.7 Å². The van der Waals surface area contributed by atoms with E-state index in [9.17, 15) is 0 Å². The van der Waals surface area contributed by atoms with Crippen LogP contribution in [0.25, 0.3) is 31.3 Å². The lowest BCUT2D eigenvalue weighted by molar-refractivity contribution is 0.591. The highest BCUT2D eigenvalue weighted by atomic mass is 32.1. The van der Waals surface area contributed by atoms with Crippen LogP contribution in [0, 0.1) is 11.3 Å². The molecule has 0 aliphatic carbocycles. The first kappa shape index (κ1) is 15.9. The summed E-state index contributed by atoms with van der Waals surface area (Å²) in [5.41, 5.74) is 4.60. The summed E-state index contributed by atoms with van der Waals surface area (Å²) < 4.78 is 2.64. The smallest absolute Gasteiger partial charge is 0.0991 e. The third kappa shape index (κ3) is 2.71. The summed E-state index contributed by atoms with van der Waals surface area (Å²) in [7, 11) is 0. The number of hydrogen-bond acceptors (Lipinski definition) is 2. The van der Waals surface area contributed by atoms with Crippen molar-refractivity contribution in [1.82, 2.24) is 0 Å². The van der Waals surface area contributed by atoms with E-state index in [-0.39, 0.29) is 5.41 Å². The number of hydrogen-bond donors (Lipinski definition) is 0. The zero-order valence-corrected chi connectivity index (χ0v) is 15.4. The van der Waals surface area contributed by atoms with Gasteiger partial charge in [0.2, 0.25) is 0 Å². The van der Waals surface area contributed by atoms with Crippen molar-refractivity contribution in [2.45, 2.75) is 26.2 Å². The van der Waals surface area contributed by atoms with Crippen molar-refractivity contribution in [3.8, 4) is 17.2 Å². The molecule has 0 radical (unpaired) electrons. The van der Waals surface area contributed by atoms with E-state index >= 15 is 0 Å². The summed E-state index contributed by atoms with van der Waals surface area (Å²) in [6.45, 7) is 6.76. The van der Waals surface area contributed by atoms with Gasteiger partial charge in [0.15, 0.2) is 0 Å². The van der Waals surface area contributed by atoms with Gasteiger partial charge in [0, 0.05) is 20.2 Å². The third-order valence-corrected chi connectivity index (χ3v) is 5.91. The number of nitriles is 1. The van der Waals surface area contributed by atoms with Crippen molar-refractivity contribution >= 4 is 31.5 Å². The largest absolute Gasteiger partial charge is 0.192 e. The Bertz CT molecular complexity index is 1120. The Labute approximate surface area is 152 Å². The first-order chi connectivity index (χ1) is 12.0. The quantitative estimate of drug-likeness (QED) is 0.370. The van der Waals surface area contributed by atoms with Gasteiger partial charge in [-0.15, -0.1) is 11.3 Å². The normalized spacial score (nSPS) is 11.8. The molecule has 3 aromatic carbocycles. The molecule has 1 heterocycles. The molecule has 0 bridgehead atoms. The Morgan fingerprint density at radius 1 is 0.880 bits per heavy atom. The van der Waals surface area contributed by atoms with Crippen LogP contribution in [0.1, 0.15) is 31.9 Å². The van der Waals surface area contributed by atoms with Crippen LogP contribution in [0.4, 0.5) is 0 Å². The van der Waals surface area contributed by atoms with Crippen molar-refractivity contribution in [3.63, 3.8) is 0 Å². The van der Waals surface area contributed by atoms with Crippen LogP contribution < -0.4 is 0 Å². The van der Waals surface area contributed by atoms with E-state index in [0.29, 0.717) is 5.56 Å². The highest BCUT2D eigenvalue weighted by Crippen LogP contribution is 2.41. The number of nitrogens with zero attached hydrogens (tertiary/aromatic N) is 1. The van der Waals surface area contributed by atoms with E-state index in [0.717, 1.165) is 5.56 Å². The Kier molecular flexibility index (Phi) is 3.63. The highest BCUT2D eigenvalue weighted by Gasteiger charge is 2.16. The second-order valence-corrected chi connectivity index (χ2v) is 8.49. The first-order valence-electron chi connectivity index (χ1n) is 8.44. The van der Waals surface area contributed by atoms with Crippen LogP contribution >= 0.6 is 11.3 Å². The van der Waals surface area contributed by atoms with Crippen LogP contribution in [0.2, 0.25) is 0 Å². The van der Waals surface area contributed by atoms with Crippen LogP contribution in [0.3, 0.4) is 0 Å². The molecule has 2 heteroatoms. The van der Waals surface area contributed by atoms with Crippen LogP contribution in [0.5, 0.6) is 0 Å². The Hall–Kier alpha value is -2.63. The first-order valence-corrected chi connectivity index (χ1v) is 9.25. The second kappa shape index (κ2) is 5.72. The molecule has 0 aliphatic heterocycles. The number of benzene rings is 3. The molecular formula is C23H19NS. The van der Waals surface area contributed by atoms with Gasteiger partial charge < -0.3 is 0 Å². The molecule has 1 aromatic heterocycles. The zero-order valence-electron chi connectivity index (χ0n) is 14.6. The monoisotopic (exact) mass is 341 g/mol. The van der Waals surface area contributed by atoms with Gasteiger partial charge in [-0.1, -0.05) is 57.2 Å². The molecule has 122 valence electrons. The van der Waals surface area contributed by atoms with Crippen molar-refractivity contribution in [2.75, 3.05) is 0 Å². The number of rotatable bonds is 1. The molecule has 25 heavy (non-hydrogen) atoms. The van der Waals surface area contributed by atoms with E-state index in [2.05, 4.69) is 63.2 Å². The summed E-state index contributed by atoms with van der Waals surface area (Å²) in [6.07, 6.45) is 0. The van der Waals surface area contributed by atoms with Gasteiger partial charge in [-0.25, -0.2) is 0 Å². The molecule has 0 aliphatic rings. The van der Waals surface area contributed by atoms with E-state index in [4.69, 9.17) is 5.26 Å². The molecule has 0 saturated carbocycles. The summed E-state index contributed by atoms with van der Waals surface area (Å²) in [6, 6.07) is 23.4. The summed E-state index contributed by atoms with van der Waals surface area (Å²) >= 11 is 1.85. The van der Waals surface area contributed by atoms with Gasteiger partial charge >= 0.3 is 0 Å². The predicted octanol–water partition coefficient (Wildman–Crippen LogP) is 6.89. The molecule has 4 rings (SSSR count). The zero-order chi connectivity index (χ0) is 17.6. The fraction of sp³-hybridized carbons (Fsp3) is 0.174. The minimum Gasteiger partial charge on any atom is -0.192 e. The van der Waals surface area contributed by atoms with Crippen molar-refractivity contribution < 1.29 is 0 Å². The Balaban J connectivity index is 1.97. The predicted molar refractivity (Wildman–Crippen MR) is 108 cm³/mol. The van der Waals surface area contributed by atoms with Gasteiger partial charge in [0.05, 0.1) is 11.6 Å². The van der Waals surface area contributed by atoms with Gasteiger partial charge in [-0.05, 0) is 46.4 Å². The number of fused-ring (bicyclic) bond motifs is 3. The molecular weight excluding hydrogens is 322 g/mol. The Morgan fingerprint density at radius 3 is 2.32 bits per heavy atom. The Morgan fingerprint density at radius 2 is 1.64 bits per heavy atom. The van der Waals surface area contributed by atoms with Crippen LogP contribution in [-0.2, 0) is 5.41 Å². The average molecular weight is 341 g/mol. The maximum Gasteiger partial charge on any atom is 0.0991 e. The fourth-order valence-corrected chi connectivity index (χ4v) is 4.44. The lowest BCUT2D eigenvalue weighted by Crippen LogP contribution is -2.10. The molecule has 0 atom stereocenters. The van der Waals surface area contributed by atoms with E-state index in [1.54, 1.807) is 0 Å². The average Bonchev–Trinajstić information content (AvgIpc) is 2.99. The van der Waals surface area contributed by atoms with Crippen molar-refractivity contribution in [3.05, 3.63) is 71.8 Å². The van der Waals surface area contributed by atoms with E-state index < -0.39 is 0 Å². The second-order valence-electron chi connectivity index (χ2n) is 7.43. The van der Waals surface area contributed by atoms with Gasteiger partial charge in [-0.3, -0.25) is 0 Å². The molecule has 0 amide bonds. The molecule has 0 spiro atoms. The molecule has 4 aromatic rings. The molecule has 0 saturated heterocycles. The summed E-state index contributed by atoms with van der Waals surface area (Å²) in [5.74, 6) is 0. The fourth-order valence-electron chi connectivity index (χ4n) is 3.22. The summed E-state index contributed by atoms with van der Waals surface area (Å²) in [4.78, 5) is 0. The van der Waals surface area contributed by atoms with E-state index in [1.807, 2.05) is 35.6 Å². The lowest BCUT2D eigenvalue weighted by Gasteiger charge is -2.18. The van der Waals surface area contributed by atoms with Crippen molar-refractivity contribution in [2.24, 2.45) is 0 Å². The van der Waals surface area contributed by atoms with Gasteiger partial charge in [0.25, 0.3) is 0 Å². The standard InChI is InChI=1S/C23H19NS/c1-23(2,3)17-11-12-21-20(13-17)19-6-4-5-18(22(19)25-21)16-9-7-15(14-24)8-10-16/h4-13H,1-3H3. The molecule has 0 unspecified atom stereocenters. The minimum absolute atomic E-state index is 0.146. The highest BCUT2D eigenvalue weighted by molar-refractivity contribution is 7.26. The molecule has 0 N–H and O–H groups in total. The minimum atomic E-state index is 0.146. The van der Waals surface area contributed by atoms with Gasteiger partial charge in [0.1, 0.15) is 0 Å². The maximum atomic E-state index is 9.01. The lowest BCUT2D eigenvalue weighted by atomic mass is 9.86. The molecule has 0 fully saturated rings. The SMILES string of the molecule is CC(C)(C)c1ccc2sc3c(-c4ccc(C#N)cc4)cccc3c2c1. The van der Waals surface area contributed by atoms with E-state index in [1.165, 1.54) is 31.3 Å². The topological polar surface area (TPSA) is 23.8 Å². The van der Waals surface area contributed by atoms with Crippen molar-refractivity contribution in [1.29, 1.82) is 5.26 Å². The number of thiophene rings is 1. The van der Waals surface area contributed by atoms with Gasteiger partial charge in [-0.2, -0.15) is 5.26 Å². The summed E-state index contributed by atoms with van der Waals surface area (Å²) in [5, 5.41) is 11.7. The maximum absolute atomic E-state index is 9.01. The molecule has 1 nitrogen and oxygen atoms in total. The van der Waals surface area contributed by atoms with Crippen LogP contribution in [-0.4, -0.2) is 0 Å².